The molecule has 2 amide bonds. The van der Waals surface area contributed by atoms with E-state index in [-0.39, 0.29) is 23.0 Å². The van der Waals surface area contributed by atoms with Crippen LogP contribution in [0.1, 0.15) is 48.0 Å². The fourth-order valence-electron chi connectivity index (χ4n) is 3.94. The van der Waals surface area contributed by atoms with E-state index in [9.17, 15) is 9.59 Å². The number of carbonyl (C=O) groups is 2. The van der Waals surface area contributed by atoms with Gasteiger partial charge >= 0.3 is 0 Å². The minimum absolute atomic E-state index is 0.128. The number of rotatable bonds is 7. The predicted molar refractivity (Wildman–Crippen MR) is 139 cm³/mol. The molecule has 1 fully saturated rings. The van der Waals surface area contributed by atoms with Crippen LogP contribution >= 0.6 is 12.2 Å². The van der Waals surface area contributed by atoms with E-state index in [0.717, 1.165) is 31.2 Å². The number of nitrogens with zero attached hydrogens (tertiary/aromatic N) is 1. The minimum Gasteiger partial charge on any atom is -0.493 e. The van der Waals surface area contributed by atoms with Crippen molar-refractivity contribution >= 4 is 40.9 Å². The van der Waals surface area contributed by atoms with Gasteiger partial charge in [-0.05, 0) is 61.0 Å². The Hall–Kier alpha value is -3.39. The quantitative estimate of drug-likeness (QED) is 0.453. The van der Waals surface area contributed by atoms with Crippen LogP contribution in [0.25, 0.3) is 6.08 Å². The topological polar surface area (TPSA) is 79.9 Å². The zero-order valence-electron chi connectivity index (χ0n) is 19.8. The summed E-state index contributed by atoms with van der Waals surface area (Å²) in [5.41, 5.74) is 1.93. The molecule has 0 radical (unpaired) electrons. The lowest BCUT2D eigenvalue weighted by Gasteiger charge is -2.25. The zero-order chi connectivity index (χ0) is 24.5. The average Bonchev–Trinajstić information content (AvgIpc) is 2.87. The third kappa shape index (κ3) is 6.57. The standard InChI is InChI=1S/C26H31N3O4S/c1-29(21-12-8-7-11-20(21)25(31)27-19-9-5-4-6-10-19)26(34)28-24(30)16-14-18-13-15-22(32-2)23(17-18)33-3/h7-8,11-17,19H,4-6,9-10H2,1-3H3,(H,27,31)(H,28,30,34)/b16-14+. The summed E-state index contributed by atoms with van der Waals surface area (Å²) in [6.07, 6.45) is 8.56. The number of hydrogen-bond donors (Lipinski definition) is 2. The lowest BCUT2D eigenvalue weighted by molar-refractivity contribution is -0.115. The molecule has 34 heavy (non-hydrogen) atoms. The summed E-state index contributed by atoms with van der Waals surface area (Å²) in [5, 5.41) is 6.02. The van der Waals surface area contributed by atoms with Crippen molar-refractivity contribution in [2.45, 2.75) is 38.1 Å². The monoisotopic (exact) mass is 481 g/mol. The van der Waals surface area contributed by atoms with Gasteiger partial charge in [-0.2, -0.15) is 0 Å². The number of amides is 2. The average molecular weight is 482 g/mol. The molecule has 3 rings (SSSR count). The molecule has 1 aliphatic carbocycles. The molecule has 180 valence electrons. The molecule has 1 saturated carbocycles. The summed E-state index contributed by atoms with van der Waals surface area (Å²) in [6, 6.07) is 12.8. The number of anilines is 1. The maximum absolute atomic E-state index is 12.9. The van der Waals surface area contributed by atoms with Crippen LogP contribution in [0, 0.1) is 0 Å². The van der Waals surface area contributed by atoms with Crippen LogP contribution in [0.15, 0.2) is 48.5 Å². The molecule has 1 aliphatic rings. The van der Waals surface area contributed by atoms with E-state index in [1.54, 1.807) is 50.4 Å². The molecule has 2 N–H and O–H groups in total. The Kier molecular flexibility index (Phi) is 9.04. The SMILES string of the molecule is COc1ccc(/C=C/C(=O)NC(=S)N(C)c2ccccc2C(=O)NC2CCCCC2)cc1OC. The van der Waals surface area contributed by atoms with Crippen molar-refractivity contribution in [1.82, 2.24) is 10.6 Å². The van der Waals surface area contributed by atoms with Crippen molar-refractivity contribution in [3.05, 3.63) is 59.7 Å². The van der Waals surface area contributed by atoms with E-state index in [1.807, 2.05) is 24.3 Å². The van der Waals surface area contributed by atoms with Crippen LogP contribution in [0.5, 0.6) is 11.5 Å². The maximum atomic E-state index is 12.9. The summed E-state index contributed by atoms with van der Waals surface area (Å²) < 4.78 is 10.5. The van der Waals surface area contributed by atoms with Crippen molar-refractivity contribution in [1.29, 1.82) is 0 Å². The number of benzene rings is 2. The Morgan fingerprint density at radius 1 is 1.03 bits per heavy atom. The molecule has 2 aromatic rings. The van der Waals surface area contributed by atoms with Crippen LogP contribution in [-0.2, 0) is 4.79 Å². The lowest BCUT2D eigenvalue weighted by Crippen LogP contribution is -2.41. The number of thiocarbonyl (C=S) groups is 1. The van der Waals surface area contributed by atoms with Gasteiger partial charge in [-0.3, -0.25) is 14.9 Å². The van der Waals surface area contributed by atoms with Gasteiger partial charge in [-0.25, -0.2) is 0 Å². The van der Waals surface area contributed by atoms with Gasteiger partial charge in [-0.1, -0.05) is 37.5 Å². The maximum Gasteiger partial charge on any atom is 0.253 e. The first-order valence-corrected chi connectivity index (χ1v) is 11.7. The van der Waals surface area contributed by atoms with Crippen molar-refractivity contribution in [3.63, 3.8) is 0 Å². The summed E-state index contributed by atoms with van der Waals surface area (Å²) >= 11 is 5.44. The molecule has 0 aromatic heterocycles. The highest BCUT2D eigenvalue weighted by atomic mass is 32.1. The van der Waals surface area contributed by atoms with E-state index < -0.39 is 0 Å². The van der Waals surface area contributed by atoms with E-state index in [4.69, 9.17) is 21.7 Å². The Morgan fingerprint density at radius 3 is 2.44 bits per heavy atom. The fraction of sp³-hybridized carbons (Fsp3) is 0.346. The smallest absolute Gasteiger partial charge is 0.253 e. The molecule has 7 nitrogen and oxygen atoms in total. The molecule has 2 aromatic carbocycles. The first-order chi connectivity index (χ1) is 16.4. The minimum atomic E-state index is -0.379. The first-order valence-electron chi connectivity index (χ1n) is 11.3. The van der Waals surface area contributed by atoms with Gasteiger partial charge in [0.15, 0.2) is 16.6 Å². The molecule has 0 bridgehead atoms. The van der Waals surface area contributed by atoms with Crippen LogP contribution in [0.2, 0.25) is 0 Å². The number of carbonyl (C=O) groups excluding carboxylic acids is 2. The highest BCUT2D eigenvalue weighted by Crippen LogP contribution is 2.28. The molecule has 0 spiro atoms. The van der Waals surface area contributed by atoms with Crippen molar-refractivity contribution in [2.75, 3.05) is 26.2 Å². The van der Waals surface area contributed by atoms with E-state index in [0.29, 0.717) is 22.7 Å². The Balaban J connectivity index is 1.64. The van der Waals surface area contributed by atoms with Gasteiger partial charge in [0.2, 0.25) is 5.91 Å². The second-order valence-corrected chi connectivity index (χ2v) is 8.51. The third-order valence-corrected chi connectivity index (χ3v) is 6.20. The normalized spacial score (nSPS) is 13.9. The molecule has 0 heterocycles. The largest absolute Gasteiger partial charge is 0.493 e. The van der Waals surface area contributed by atoms with Gasteiger partial charge in [0, 0.05) is 19.2 Å². The highest BCUT2D eigenvalue weighted by Gasteiger charge is 2.21. The summed E-state index contributed by atoms with van der Waals surface area (Å²) in [5.74, 6) is 0.675. The first kappa shape index (κ1) is 25.2. The zero-order valence-corrected chi connectivity index (χ0v) is 20.6. The predicted octanol–water partition coefficient (Wildman–Crippen LogP) is 4.32. The van der Waals surface area contributed by atoms with Crippen LogP contribution < -0.4 is 25.0 Å². The molecule has 0 unspecified atom stereocenters. The number of hydrogen-bond acceptors (Lipinski definition) is 5. The molecule has 0 saturated heterocycles. The summed E-state index contributed by atoms with van der Waals surface area (Å²) in [7, 11) is 4.85. The van der Waals surface area contributed by atoms with Gasteiger partial charge < -0.3 is 19.7 Å². The fourth-order valence-corrected chi connectivity index (χ4v) is 4.14. The molecule has 0 aliphatic heterocycles. The Labute approximate surface area is 206 Å². The Morgan fingerprint density at radius 2 is 1.74 bits per heavy atom. The van der Waals surface area contributed by atoms with Crippen LogP contribution in [0.4, 0.5) is 5.69 Å². The molecular weight excluding hydrogens is 450 g/mol. The Bertz CT molecular complexity index is 1060. The molecule has 0 atom stereocenters. The second kappa shape index (κ2) is 12.2. The number of methoxy groups -OCH3 is 2. The number of para-hydroxylation sites is 1. The van der Waals surface area contributed by atoms with Gasteiger partial charge in [0.05, 0.1) is 25.5 Å². The van der Waals surface area contributed by atoms with E-state index >= 15 is 0 Å². The van der Waals surface area contributed by atoms with Crippen LogP contribution in [0.3, 0.4) is 0 Å². The van der Waals surface area contributed by atoms with Crippen LogP contribution in [-0.4, -0.2) is 44.2 Å². The van der Waals surface area contributed by atoms with Gasteiger partial charge in [-0.15, -0.1) is 0 Å². The summed E-state index contributed by atoms with van der Waals surface area (Å²) in [4.78, 5) is 27.0. The molecular formula is C26H31N3O4S. The highest BCUT2D eigenvalue weighted by molar-refractivity contribution is 7.80. The van der Waals surface area contributed by atoms with E-state index in [1.165, 1.54) is 12.5 Å². The second-order valence-electron chi connectivity index (χ2n) is 8.13. The van der Waals surface area contributed by atoms with Crippen molar-refractivity contribution in [2.24, 2.45) is 0 Å². The van der Waals surface area contributed by atoms with Crippen molar-refractivity contribution in [3.8, 4) is 11.5 Å². The lowest BCUT2D eigenvalue weighted by atomic mass is 9.95. The van der Waals surface area contributed by atoms with E-state index in [2.05, 4.69) is 10.6 Å². The summed E-state index contributed by atoms with van der Waals surface area (Å²) in [6.45, 7) is 0. The van der Waals surface area contributed by atoms with Crippen molar-refractivity contribution < 1.29 is 19.1 Å². The molecule has 8 heteroatoms. The van der Waals surface area contributed by atoms with Gasteiger partial charge in [0.1, 0.15) is 0 Å². The number of nitrogens with one attached hydrogen (secondary N) is 2. The number of ether oxygens (including phenoxy) is 2. The van der Waals surface area contributed by atoms with Gasteiger partial charge in [0.25, 0.3) is 5.91 Å². The third-order valence-electron chi connectivity index (χ3n) is 5.82.